The van der Waals surface area contributed by atoms with Crippen molar-refractivity contribution in [3.05, 3.63) is 194 Å². The number of para-hydroxylation sites is 2. The molecule has 11 aromatic rings. The predicted octanol–water partition coefficient (Wildman–Crippen LogP) is 13.7. The summed E-state index contributed by atoms with van der Waals surface area (Å²) in [5.74, 6) is 1.92. The third-order valence-corrected chi connectivity index (χ3v) is 11.8. The van der Waals surface area contributed by atoms with Crippen molar-refractivity contribution in [1.82, 2.24) is 19.5 Å². The number of hydrogen-bond donors (Lipinski definition) is 0. The van der Waals surface area contributed by atoms with Crippen LogP contribution in [0.5, 0.6) is 0 Å². The first-order valence-electron chi connectivity index (χ1n) is 18.8. The first-order valence-corrected chi connectivity index (χ1v) is 19.6. The van der Waals surface area contributed by atoms with E-state index in [-0.39, 0.29) is 0 Å². The van der Waals surface area contributed by atoms with Gasteiger partial charge >= 0.3 is 0 Å². The van der Waals surface area contributed by atoms with Crippen LogP contribution in [0.25, 0.3) is 104 Å². The van der Waals surface area contributed by atoms with Crippen LogP contribution in [0.1, 0.15) is 0 Å². The maximum Gasteiger partial charge on any atom is 0.164 e. The Bertz CT molecular complexity index is 3240. The fourth-order valence-electron chi connectivity index (χ4n) is 8.00. The van der Waals surface area contributed by atoms with Crippen LogP contribution in [0.15, 0.2) is 194 Å². The summed E-state index contributed by atoms with van der Waals surface area (Å²) in [5.41, 5.74) is 10.9. The van der Waals surface area contributed by atoms with Crippen molar-refractivity contribution in [2.75, 3.05) is 0 Å². The van der Waals surface area contributed by atoms with Crippen molar-refractivity contribution in [3.63, 3.8) is 0 Å². The van der Waals surface area contributed by atoms with Crippen molar-refractivity contribution >= 4 is 53.3 Å². The van der Waals surface area contributed by atoms with Gasteiger partial charge in [-0.25, -0.2) is 15.0 Å². The number of hydrogen-bond acceptors (Lipinski definition) is 4. The second-order valence-electron chi connectivity index (χ2n) is 14.0. The molecule has 8 aromatic carbocycles. The van der Waals surface area contributed by atoms with Crippen molar-refractivity contribution in [3.8, 4) is 62.1 Å². The van der Waals surface area contributed by atoms with Gasteiger partial charge in [0.05, 0.1) is 11.0 Å². The van der Waals surface area contributed by atoms with Gasteiger partial charge in [-0.15, -0.1) is 11.3 Å². The Balaban J connectivity index is 1.10. The van der Waals surface area contributed by atoms with Crippen LogP contribution >= 0.6 is 11.3 Å². The lowest BCUT2D eigenvalue weighted by molar-refractivity contribution is 1.08. The van der Waals surface area contributed by atoms with Gasteiger partial charge in [0, 0.05) is 53.3 Å². The van der Waals surface area contributed by atoms with Gasteiger partial charge in [-0.05, 0) is 76.9 Å². The van der Waals surface area contributed by atoms with Gasteiger partial charge in [-0.2, -0.15) is 0 Å². The van der Waals surface area contributed by atoms with E-state index < -0.39 is 0 Å². The lowest BCUT2D eigenvalue weighted by Gasteiger charge is -2.11. The summed E-state index contributed by atoms with van der Waals surface area (Å²) in [7, 11) is 0. The van der Waals surface area contributed by atoms with Gasteiger partial charge in [0.1, 0.15) is 0 Å². The van der Waals surface area contributed by atoms with E-state index in [0.29, 0.717) is 17.5 Å². The van der Waals surface area contributed by atoms with E-state index in [4.69, 9.17) is 15.0 Å². The molecule has 0 fully saturated rings. The third-order valence-electron chi connectivity index (χ3n) is 10.7. The second-order valence-corrected chi connectivity index (χ2v) is 15.1. The largest absolute Gasteiger partial charge is 0.309 e. The highest BCUT2D eigenvalue weighted by Crippen LogP contribution is 2.40. The molecule has 3 heterocycles. The van der Waals surface area contributed by atoms with Crippen LogP contribution in [0.3, 0.4) is 0 Å². The Morgan fingerprint density at radius 1 is 0.339 bits per heavy atom. The van der Waals surface area contributed by atoms with Gasteiger partial charge in [0.25, 0.3) is 0 Å². The molecule has 0 spiro atoms. The molecule has 11 rings (SSSR count). The molecule has 0 bridgehead atoms. The first-order chi connectivity index (χ1) is 27.7. The Kier molecular flexibility index (Phi) is 7.64. The topological polar surface area (TPSA) is 43.6 Å². The van der Waals surface area contributed by atoms with Crippen molar-refractivity contribution in [2.24, 2.45) is 0 Å². The normalized spacial score (nSPS) is 11.6. The zero-order valence-electron chi connectivity index (χ0n) is 30.2. The molecule has 56 heavy (non-hydrogen) atoms. The number of benzene rings is 8. The van der Waals surface area contributed by atoms with Crippen LogP contribution in [0, 0.1) is 0 Å². The van der Waals surface area contributed by atoms with E-state index in [0.717, 1.165) is 55.3 Å². The van der Waals surface area contributed by atoms with Gasteiger partial charge in [0.15, 0.2) is 17.5 Å². The SMILES string of the molecule is c1ccc(-c2cccc(-c3ccc(-c4nc(-c5ccc6sc7ccccc7c6c5)nc(-c5cccc6c5c5ccccc5n6-c5ccccc5)n4)cc3)c2)cc1. The van der Waals surface area contributed by atoms with Gasteiger partial charge < -0.3 is 4.57 Å². The summed E-state index contributed by atoms with van der Waals surface area (Å²) in [4.78, 5) is 15.8. The maximum atomic E-state index is 5.29. The standard InChI is InChI=1S/C51H32N4S/c1-3-13-33(14-4-1)36-15-11-16-37(31-36)34-25-27-35(28-26-34)49-52-50(38-29-30-47-43(32-38)40-19-8-10-24-46(40)56-47)54-51(53-49)42-21-12-23-45-48(42)41-20-7-9-22-44(41)55(45)39-17-5-2-6-18-39/h1-32H. The molecule has 0 saturated carbocycles. The summed E-state index contributed by atoms with van der Waals surface area (Å²) in [5, 5.41) is 4.72. The Morgan fingerprint density at radius 3 is 1.70 bits per heavy atom. The predicted molar refractivity (Wildman–Crippen MR) is 234 cm³/mol. The fourth-order valence-corrected chi connectivity index (χ4v) is 9.09. The lowest BCUT2D eigenvalue weighted by atomic mass is 9.98. The monoisotopic (exact) mass is 732 g/mol. The summed E-state index contributed by atoms with van der Waals surface area (Å²) in [6.07, 6.45) is 0. The average Bonchev–Trinajstić information content (AvgIpc) is 3.82. The first kappa shape index (κ1) is 32.2. The molecule has 0 unspecified atom stereocenters. The van der Waals surface area contributed by atoms with E-state index in [1.54, 1.807) is 0 Å². The van der Waals surface area contributed by atoms with Crippen molar-refractivity contribution in [1.29, 1.82) is 0 Å². The zero-order valence-corrected chi connectivity index (χ0v) is 31.0. The van der Waals surface area contributed by atoms with E-state index in [2.05, 4.69) is 199 Å². The number of aromatic nitrogens is 4. The minimum Gasteiger partial charge on any atom is -0.309 e. The smallest absolute Gasteiger partial charge is 0.164 e. The summed E-state index contributed by atoms with van der Waals surface area (Å²) < 4.78 is 4.85. The highest BCUT2D eigenvalue weighted by atomic mass is 32.1. The Morgan fingerprint density at radius 2 is 0.893 bits per heavy atom. The van der Waals surface area contributed by atoms with Crippen molar-refractivity contribution < 1.29 is 0 Å². The van der Waals surface area contributed by atoms with Gasteiger partial charge in [-0.3, -0.25) is 0 Å². The molecule has 0 aliphatic rings. The quantitative estimate of drug-likeness (QED) is 0.171. The molecule has 3 aromatic heterocycles. The van der Waals surface area contributed by atoms with Crippen LogP contribution in [-0.2, 0) is 0 Å². The molecule has 262 valence electrons. The molecule has 0 saturated heterocycles. The minimum absolute atomic E-state index is 0.633. The molecule has 0 radical (unpaired) electrons. The lowest BCUT2D eigenvalue weighted by Crippen LogP contribution is -2.00. The van der Waals surface area contributed by atoms with Crippen molar-refractivity contribution in [2.45, 2.75) is 0 Å². The highest BCUT2D eigenvalue weighted by Gasteiger charge is 2.20. The maximum absolute atomic E-state index is 5.29. The Labute approximate surface area is 327 Å². The number of nitrogens with zero attached hydrogens (tertiary/aromatic N) is 4. The van der Waals surface area contributed by atoms with E-state index in [9.17, 15) is 0 Å². The summed E-state index contributed by atoms with van der Waals surface area (Å²) >= 11 is 1.81. The van der Waals surface area contributed by atoms with E-state index in [1.807, 2.05) is 11.3 Å². The number of rotatable bonds is 6. The second kappa shape index (κ2) is 13.3. The van der Waals surface area contributed by atoms with Gasteiger partial charge in [0.2, 0.25) is 0 Å². The molecule has 0 N–H and O–H groups in total. The van der Waals surface area contributed by atoms with Crippen LogP contribution in [-0.4, -0.2) is 19.5 Å². The Hall–Kier alpha value is -7.21. The third kappa shape index (κ3) is 5.48. The number of thiophene rings is 1. The number of fused-ring (bicyclic) bond motifs is 6. The van der Waals surface area contributed by atoms with Crippen LogP contribution in [0.2, 0.25) is 0 Å². The highest BCUT2D eigenvalue weighted by molar-refractivity contribution is 7.25. The zero-order chi connectivity index (χ0) is 37.0. The molecule has 0 atom stereocenters. The molecule has 5 heteroatoms. The molecule has 0 aliphatic carbocycles. The fraction of sp³-hybridized carbons (Fsp3) is 0. The summed E-state index contributed by atoms with van der Waals surface area (Å²) in [6, 6.07) is 68.6. The van der Waals surface area contributed by atoms with E-state index in [1.165, 1.54) is 31.3 Å². The summed E-state index contributed by atoms with van der Waals surface area (Å²) in [6.45, 7) is 0. The average molecular weight is 733 g/mol. The van der Waals surface area contributed by atoms with E-state index >= 15 is 0 Å². The van der Waals surface area contributed by atoms with Crippen LogP contribution < -0.4 is 0 Å². The minimum atomic E-state index is 0.633. The molecular formula is C51H32N4S. The van der Waals surface area contributed by atoms with Crippen LogP contribution in [0.4, 0.5) is 0 Å². The molecular weight excluding hydrogens is 701 g/mol. The van der Waals surface area contributed by atoms with Gasteiger partial charge in [-0.1, -0.05) is 140 Å². The molecule has 0 amide bonds. The molecule has 4 nitrogen and oxygen atoms in total. The molecule has 0 aliphatic heterocycles.